The highest BCUT2D eigenvalue weighted by atomic mass is 32.2. The predicted molar refractivity (Wildman–Crippen MR) is 96.1 cm³/mol. The zero-order valence-electron chi connectivity index (χ0n) is 14.8. The van der Waals surface area contributed by atoms with Gasteiger partial charge < -0.3 is 4.90 Å². The Hall–Kier alpha value is -1.40. The van der Waals surface area contributed by atoms with Crippen LogP contribution in [0.25, 0.3) is 0 Å². The average molecular weight is 353 g/mol. The van der Waals surface area contributed by atoms with Crippen LogP contribution in [-0.4, -0.2) is 56.0 Å². The van der Waals surface area contributed by atoms with E-state index in [1.165, 1.54) is 21.7 Å². The smallest absolute Gasteiger partial charge is 0.241 e. The van der Waals surface area contributed by atoms with Gasteiger partial charge in [0.1, 0.15) is 0 Å². The van der Waals surface area contributed by atoms with Crippen LogP contribution in [0.3, 0.4) is 0 Å². The van der Waals surface area contributed by atoms with Crippen LogP contribution >= 0.6 is 0 Å². The van der Waals surface area contributed by atoms with Crippen molar-refractivity contribution in [2.45, 2.75) is 37.9 Å². The van der Waals surface area contributed by atoms with Gasteiger partial charge in [-0.2, -0.15) is 0 Å². The second-order valence-corrected chi connectivity index (χ2v) is 9.04. The topological polar surface area (TPSA) is 57.7 Å². The van der Waals surface area contributed by atoms with Crippen molar-refractivity contribution < 1.29 is 13.2 Å². The van der Waals surface area contributed by atoms with Gasteiger partial charge in [0, 0.05) is 27.2 Å². The first-order valence-corrected chi connectivity index (χ1v) is 10.1. The van der Waals surface area contributed by atoms with Gasteiger partial charge in [-0.15, -0.1) is 0 Å². The van der Waals surface area contributed by atoms with E-state index < -0.39 is 15.3 Å². The maximum Gasteiger partial charge on any atom is 0.241 e. The van der Waals surface area contributed by atoms with E-state index in [-0.39, 0.29) is 5.91 Å². The Morgan fingerprint density at radius 1 is 1.21 bits per heavy atom. The van der Waals surface area contributed by atoms with Gasteiger partial charge in [-0.05, 0) is 44.1 Å². The molecule has 1 aromatic carbocycles. The van der Waals surface area contributed by atoms with Crippen LogP contribution in [-0.2, 0) is 21.2 Å². The third-order valence-electron chi connectivity index (χ3n) is 4.85. The number of nitrogens with zero attached hydrogens (tertiary/aromatic N) is 2. The lowest BCUT2D eigenvalue weighted by Gasteiger charge is -2.33. The number of aryl methyl sites for hydroxylation is 1. The summed E-state index contributed by atoms with van der Waals surface area (Å²) in [5.41, 5.74) is 1.33. The molecule has 1 saturated heterocycles. The highest BCUT2D eigenvalue weighted by Gasteiger charge is 2.36. The maximum absolute atomic E-state index is 12.6. The van der Waals surface area contributed by atoms with Gasteiger partial charge in [0.05, 0.1) is 0 Å². The van der Waals surface area contributed by atoms with Crippen LogP contribution in [0.4, 0.5) is 0 Å². The molecule has 0 radical (unpaired) electrons. The van der Waals surface area contributed by atoms with Crippen LogP contribution in [0.2, 0.25) is 0 Å². The fraction of sp³-hybridized carbons (Fsp3) is 0.611. The highest BCUT2D eigenvalue weighted by molar-refractivity contribution is 7.90. The lowest BCUT2D eigenvalue weighted by atomic mass is 9.91. The van der Waals surface area contributed by atoms with Crippen molar-refractivity contribution in [3.05, 3.63) is 35.9 Å². The first kappa shape index (κ1) is 18.9. The quantitative estimate of drug-likeness (QED) is 0.788. The van der Waals surface area contributed by atoms with Gasteiger partial charge in [-0.25, -0.2) is 12.7 Å². The Balaban J connectivity index is 1.86. The summed E-state index contributed by atoms with van der Waals surface area (Å²) in [5.74, 6) is 0.192. The fourth-order valence-corrected chi connectivity index (χ4v) is 4.82. The minimum atomic E-state index is -3.55. The van der Waals surface area contributed by atoms with Gasteiger partial charge in [0.15, 0.2) is 5.25 Å². The van der Waals surface area contributed by atoms with E-state index in [9.17, 15) is 13.2 Å². The molecular weight excluding hydrogens is 324 g/mol. The molecule has 1 amide bonds. The first-order valence-electron chi connectivity index (χ1n) is 8.56. The summed E-state index contributed by atoms with van der Waals surface area (Å²) >= 11 is 0. The SMILES string of the molecule is C[C@H](C(=O)N(C)C)S(=O)(=O)N1CCC(CCc2ccccc2)CC1. The van der Waals surface area contributed by atoms with E-state index in [4.69, 9.17) is 0 Å². The summed E-state index contributed by atoms with van der Waals surface area (Å²) in [5, 5.41) is -1.01. The molecule has 0 spiro atoms. The summed E-state index contributed by atoms with van der Waals surface area (Å²) in [7, 11) is -0.380. The number of piperidine rings is 1. The third kappa shape index (κ3) is 4.57. The second-order valence-electron chi connectivity index (χ2n) is 6.79. The van der Waals surface area contributed by atoms with E-state index in [0.717, 1.165) is 25.7 Å². The largest absolute Gasteiger partial charge is 0.348 e. The maximum atomic E-state index is 12.6. The Kier molecular flexibility index (Phi) is 6.40. The molecule has 1 aliphatic rings. The Morgan fingerprint density at radius 3 is 2.33 bits per heavy atom. The molecular formula is C18H28N2O3S. The van der Waals surface area contributed by atoms with Crippen LogP contribution in [0, 0.1) is 5.92 Å². The number of amides is 1. The number of rotatable bonds is 6. The monoisotopic (exact) mass is 352 g/mol. The number of sulfonamides is 1. The summed E-state index contributed by atoms with van der Waals surface area (Å²) in [6, 6.07) is 10.4. The molecule has 24 heavy (non-hydrogen) atoms. The number of carbonyl (C=O) groups excluding carboxylic acids is 1. The molecule has 1 aliphatic heterocycles. The molecule has 0 N–H and O–H groups in total. The normalized spacial score (nSPS) is 18.3. The van der Waals surface area contributed by atoms with Gasteiger partial charge in [-0.1, -0.05) is 30.3 Å². The summed E-state index contributed by atoms with van der Waals surface area (Å²) in [4.78, 5) is 13.3. The standard InChI is InChI=1S/C18H28N2O3S/c1-15(18(21)19(2)3)24(22,23)20-13-11-17(12-14-20)10-9-16-7-5-4-6-8-16/h4-8,15,17H,9-14H2,1-3H3/t15-/m1/s1. The van der Waals surface area contributed by atoms with Crippen LogP contribution in [0.1, 0.15) is 31.7 Å². The van der Waals surface area contributed by atoms with E-state index in [1.807, 2.05) is 18.2 Å². The minimum Gasteiger partial charge on any atom is -0.348 e. The molecule has 1 heterocycles. The summed E-state index contributed by atoms with van der Waals surface area (Å²) in [6.45, 7) is 2.53. The molecule has 2 rings (SSSR count). The second kappa shape index (κ2) is 8.12. The van der Waals surface area contributed by atoms with Crippen molar-refractivity contribution in [1.29, 1.82) is 0 Å². The average Bonchev–Trinajstić information content (AvgIpc) is 2.59. The van der Waals surface area contributed by atoms with E-state index in [2.05, 4.69) is 12.1 Å². The van der Waals surface area contributed by atoms with Crippen molar-refractivity contribution >= 4 is 15.9 Å². The van der Waals surface area contributed by atoms with Crippen molar-refractivity contribution in [3.8, 4) is 0 Å². The fourth-order valence-electron chi connectivity index (χ4n) is 3.18. The van der Waals surface area contributed by atoms with Crippen molar-refractivity contribution in [2.24, 2.45) is 5.92 Å². The third-order valence-corrected chi connectivity index (χ3v) is 7.03. The van der Waals surface area contributed by atoms with Crippen molar-refractivity contribution in [3.63, 3.8) is 0 Å². The lowest BCUT2D eigenvalue weighted by Crippen LogP contribution is -2.47. The minimum absolute atomic E-state index is 0.360. The van der Waals surface area contributed by atoms with Gasteiger partial charge in [-0.3, -0.25) is 4.79 Å². The summed E-state index contributed by atoms with van der Waals surface area (Å²) in [6.07, 6.45) is 3.86. The highest BCUT2D eigenvalue weighted by Crippen LogP contribution is 2.25. The molecule has 1 atom stereocenters. The molecule has 0 aromatic heterocycles. The van der Waals surface area contributed by atoms with Gasteiger partial charge >= 0.3 is 0 Å². The van der Waals surface area contributed by atoms with Crippen molar-refractivity contribution in [2.75, 3.05) is 27.2 Å². The van der Waals surface area contributed by atoms with E-state index in [1.54, 1.807) is 14.1 Å². The Labute approximate surface area is 145 Å². The lowest BCUT2D eigenvalue weighted by molar-refractivity contribution is -0.128. The van der Waals surface area contributed by atoms with Crippen LogP contribution in [0.5, 0.6) is 0 Å². The van der Waals surface area contributed by atoms with E-state index >= 15 is 0 Å². The number of benzene rings is 1. The number of carbonyl (C=O) groups is 1. The van der Waals surface area contributed by atoms with Crippen LogP contribution < -0.4 is 0 Å². The zero-order chi connectivity index (χ0) is 17.7. The van der Waals surface area contributed by atoms with Crippen molar-refractivity contribution in [1.82, 2.24) is 9.21 Å². The summed E-state index contributed by atoms with van der Waals surface area (Å²) < 4.78 is 26.7. The molecule has 1 fully saturated rings. The van der Waals surface area contributed by atoms with Crippen LogP contribution in [0.15, 0.2) is 30.3 Å². The molecule has 0 unspecified atom stereocenters. The zero-order valence-corrected chi connectivity index (χ0v) is 15.6. The Bertz CT molecular complexity index is 635. The molecule has 6 heteroatoms. The predicted octanol–water partition coefficient (Wildman–Crippen LogP) is 2.14. The number of hydrogen-bond acceptors (Lipinski definition) is 3. The number of hydrogen-bond donors (Lipinski definition) is 0. The molecule has 0 aliphatic carbocycles. The molecule has 134 valence electrons. The van der Waals surface area contributed by atoms with Gasteiger partial charge in [0.2, 0.25) is 15.9 Å². The van der Waals surface area contributed by atoms with E-state index in [0.29, 0.717) is 19.0 Å². The van der Waals surface area contributed by atoms with Gasteiger partial charge in [0.25, 0.3) is 0 Å². The molecule has 1 aromatic rings. The Morgan fingerprint density at radius 2 is 1.79 bits per heavy atom. The molecule has 5 nitrogen and oxygen atoms in total. The first-order chi connectivity index (χ1) is 11.3. The molecule has 0 bridgehead atoms. The molecule has 0 saturated carbocycles.